The Kier molecular flexibility index (Phi) is 2.89. The normalized spacial score (nSPS) is 11.1. The van der Waals surface area contributed by atoms with Crippen molar-refractivity contribution in [1.29, 1.82) is 0 Å². The van der Waals surface area contributed by atoms with Crippen LogP contribution in [0.5, 0.6) is 5.75 Å². The minimum Gasteiger partial charge on any atom is -0.494 e. The third-order valence-corrected chi connectivity index (χ3v) is 1.99. The predicted octanol–water partition coefficient (Wildman–Crippen LogP) is 2.20. The summed E-state index contributed by atoms with van der Waals surface area (Å²) in [5, 5.41) is 0. The zero-order chi connectivity index (χ0) is 10.8. The molecule has 0 saturated heterocycles. The maximum atomic E-state index is 10.7. The molecule has 0 aliphatic heterocycles. The fourth-order valence-corrected chi connectivity index (χ4v) is 1.14. The van der Waals surface area contributed by atoms with Gasteiger partial charge < -0.3 is 4.74 Å². The molecule has 14 heavy (non-hydrogen) atoms. The first-order valence-electron chi connectivity index (χ1n) is 4.49. The van der Waals surface area contributed by atoms with Gasteiger partial charge in [0.05, 0.1) is 7.11 Å². The number of carbonyl (C=O) groups is 1. The summed E-state index contributed by atoms with van der Waals surface area (Å²) in [4.78, 5) is 15.0. The van der Waals surface area contributed by atoms with Crippen LogP contribution < -0.4 is 4.74 Å². The molecule has 1 heterocycles. The van der Waals surface area contributed by atoms with Gasteiger partial charge in [-0.3, -0.25) is 4.79 Å². The molecule has 3 nitrogen and oxygen atoms in total. The quantitative estimate of drug-likeness (QED) is 0.676. The van der Waals surface area contributed by atoms with Crippen LogP contribution in [-0.2, 0) is 5.41 Å². The Morgan fingerprint density at radius 3 is 2.43 bits per heavy atom. The Balaban J connectivity index is 3.21. The van der Waals surface area contributed by atoms with Crippen molar-refractivity contribution in [2.24, 2.45) is 0 Å². The molecule has 0 unspecified atom stereocenters. The SMILES string of the molecule is COc1ccc(C(C)(C)C)nc1C=O. The molecule has 0 saturated carbocycles. The lowest BCUT2D eigenvalue weighted by molar-refractivity contribution is 0.111. The Hall–Kier alpha value is -1.38. The summed E-state index contributed by atoms with van der Waals surface area (Å²) in [6, 6.07) is 3.66. The summed E-state index contributed by atoms with van der Waals surface area (Å²) in [5.41, 5.74) is 1.20. The van der Waals surface area contributed by atoms with Crippen molar-refractivity contribution in [3.63, 3.8) is 0 Å². The molecule has 0 N–H and O–H groups in total. The number of pyridine rings is 1. The molecule has 0 atom stereocenters. The van der Waals surface area contributed by atoms with Crippen molar-refractivity contribution in [2.75, 3.05) is 7.11 Å². The molecule has 1 aromatic heterocycles. The average Bonchev–Trinajstić information content (AvgIpc) is 2.15. The smallest absolute Gasteiger partial charge is 0.172 e. The monoisotopic (exact) mass is 193 g/mol. The number of hydrogen-bond acceptors (Lipinski definition) is 3. The molecule has 0 fully saturated rings. The number of aldehydes is 1. The zero-order valence-electron chi connectivity index (χ0n) is 9.00. The van der Waals surface area contributed by atoms with Crippen LogP contribution in [0.4, 0.5) is 0 Å². The number of hydrogen-bond donors (Lipinski definition) is 0. The Bertz CT molecular complexity index is 340. The van der Waals surface area contributed by atoms with Gasteiger partial charge in [-0.25, -0.2) is 4.98 Å². The van der Waals surface area contributed by atoms with E-state index in [0.29, 0.717) is 17.7 Å². The van der Waals surface area contributed by atoms with Crippen LogP contribution in [0.2, 0.25) is 0 Å². The zero-order valence-corrected chi connectivity index (χ0v) is 9.00. The molecular weight excluding hydrogens is 178 g/mol. The summed E-state index contributed by atoms with van der Waals surface area (Å²) < 4.78 is 5.01. The van der Waals surface area contributed by atoms with E-state index in [1.807, 2.05) is 6.07 Å². The average molecular weight is 193 g/mol. The molecule has 0 bridgehead atoms. The maximum absolute atomic E-state index is 10.7. The molecule has 0 amide bonds. The molecule has 0 spiro atoms. The molecular formula is C11H15NO2. The molecule has 0 radical (unpaired) electrons. The second-order valence-electron chi connectivity index (χ2n) is 4.15. The van der Waals surface area contributed by atoms with Crippen LogP contribution in [-0.4, -0.2) is 18.4 Å². The van der Waals surface area contributed by atoms with E-state index in [0.717, 1.165) is 5.69 Å². The predicted molar refractivity (Wildman–Crippen MR) is 54.9 cm³/mol. The van der Waals surface area contributed by atoms with Crippen LogP contribution in [0.3, 0.4) is 0 Å². The van der Waals surface area contributed by atoms with Gasteiger partial charge in [0.2, 0.25) is 0 Å². The van der Waals surface area contributed by atoms with Crippen molar-refractivity contribution in [3.05, 3.63) is 23.5 Å². The number of nitrogens with zero attached hydrogens (tertiary/aromatic N) is 1. The van der Waals surface area contributed by atoms with Crippen LogP contribution in [0.15, 0.2) is 12.1 Å². The second kappa shape index (κ2) is 3.78. The van der Waals surface area contributed by atoms with Crippen LogP contribution in [0, 0.1) is 0 Å². The lowest BCUT2D eigenvalue weighted by Gasteiger charge is -2.18. The minimum atomic E-state index is -0.0516. The highest BCUT2D eigenvalue weighted by atomic mass is 16.5. The number of ether oxygens (including phenoxy) is 1. The standard InChI is InChI=1S/C11H15NO2/c1-11(2,3)10-6-5-9(14-4)8(7-13)12-10/h5-7H,1-4H3. The molecule has 0 aromatic carbocycles. The largest absolute Gasteiger partial charge is 0.494 e. The summed E-state index contributed by atoms with van der Waals surface area (Å²) in [6.45, 7) is 6.16. The number of rotatable bonds is 2. The van der Waals surface area contributed by atoms with Gasteiger partial charge in [-0.05, 0) is 12.1 Å². The van der Waals surface area contributed by atoms with Gasteiger partial charge in [0.25, 0.3) is 0 Å². The fraction of sp³-hybridized carbons (Fsp3) is 0.455. The first kappa shape index (κ1) is 10.7. The Labute approximate surface area is 84.1 Å². The molecule has 0 aliphatic carbocycles. The Morgan fingerprint density at radius 2 is 2.00 bits per heavy atom. The molecule has 1 aromatic rings. The van der Waals surface area contributed by atoms with Gasteiger partial charge in [-0.1, -0.05) is 20.8 Å². The van der Waals surface area contributed by atoms with Crippen LogP contribution in [0.1, 0.15) is 37.0 Å². The van der Waals surface area contributed by atoms with E-state index in [1.54, 1.807) is 6.07 Å². The summed E-state index contributed by atoms with van der Waals surface area (Å²) in [7, 11) is 1.53. The van der Waals surface area contributed by atoms with E-state index in [2.05, 4.69) is 25.8 Å². The molecule has 3 heteroatoms. The third kappa shape index (κ3) is 2.10. The lowest BCUT2D eigenvalue weighted by Crippen LogP contribution is -2.14. The van der Waals surface area contributed by atoms with Gasteiger partial charge in [0.15, 0.2) is 6.29 Å². The van der Waals surface area contributed by atoms with E-state index in [4.69, 9.17) is 4.74 Å². The van der Waals surface area contributed by atoms with Gasteiger partial charge in [0.1, 0.15) is 11.4 Å². The number of carbonyl (C=O) groups excluding carboxylic acids is 1. The highest BCUT2D eigenvalue weighted by Crippen LogP contribution is 2.23. The van der Waals surface area contributed by atoms with Gasteiger partial charge in [0, 0.05) is 11.1 Å². The minimum absolute atomic E-state index is 0.0516. The highest BCUT2D eigenvalue weighted by molar-refractivity contribution is 5.76. The van der Waals surface area contributed by atoms with Crippen molar-refractivity contribution in [2.45, 2.75) is 26.2 Å². The molecule has 76 valence electrons. The lowest BCUT2D eigenvalue weighted by atomic mass is 9.91. The number of aromatic nitrogens is 1. The van der Waals surface area contributed by atoms with E-state index < -0.39 is 0 Å². The topological polar surface area (TPSA) is 39.2 Å². The van der Waals surface area contributed by atoms with Crippen LogP contribution >= 0.6 is 0 Å². The van der Waals surface area contributed by atoms with Crippen molar-refractivity contribution < 1.29 is 9.53 Å². The van der Waals surface area contributed by atoms with Gasteiger partial charge >= 0.3 is 0 Å². The first-order valence-corrected chi connectivity index (χ1v) is 4.49. The molecule has 0 aliphatic rings. The van der Waals surface area contributed by atoms with E-state index in [1.165, 1.54) is 7.11 Å². The maximum Gasteiger partial charge on any atom is 0.172 e. The second-order valence-corrected chi connectivity index (χ2v) is 4.15. The molecule has 1 rings (SSSR count). The van der Waals surface area contributed by atoms with Crippen LogP contribution in [0.25, 0.3) is 0 Å². The third-order valence-electron chi connectivity index (χ3n) is 1.99. The fourth-order valence-electron chi connectivity index (χ4n) is 1.14. The summed E-state index contributed by atoms with van der Waals surface area (Å²) in [5.74, 6) is 0.521. The van der Waals surface area contributed by atoms with Crippen molar-refractivity contribution in [3.8, 4) is 5.75 Å². The van der Waals surface area contributed by atoms with E-state index in [-0.39, 0.29) is 5.41 Å². The van der Waals surface area contributed by atoms with Crippen molar-refractivity contribution in [1.82, 2.24) is 4.98 Å². The van der Waals surface area contributed by atoms with Gasteiger partial charge in [-0.2, -0.15) is 0 Å². The van der Waals surface area contributed by atoms with Gasteiger partial charge in [-0.15, -0.1) is 0 Å². The summed E-state index contributed by atoms with van der Waals surface area (Å²) in [6.07, 6.45) is 0.716. The number of methoxy groups -OCH3 is 1. The Morgan fingerprint density at radius 1 is 1.36 bits per heavy atom. The van der Waals surface area contributed by atoms with E-state index in [9.17, 15) is 4.79 Å². The highest BCUT2D eigenvalue weighted by Gasteiger charge is 2.17. The summed E-state index contributed by atoms with van der Waals surface area (Å²) >= 11 is 0. The first-order chi connectivity index (χ1) is 6.49. The van der Waals surface area contributed by atoms with Crippen molar-refractivity contribution >= 4 is 6.29 Å². The van der Waals surface area contributed by atoms with E-state index >= 15 is 0 Å².